The molecule has 3 saturated carbocycles. The van der Waals surface area contributed by atoms with Crippen LogP contribution in [0.1, 0.15) is 105 Å². The predicted molar refractivity (Wildman–Crippen MR) is 154 cm³/mol. The first-order chi connectivity index (χ1) is 17.3. The number of ether oxygens (including phenoxy) is 1. The molecule has 0 spiro atoms. The van der Waals surface area contributed by atoms with Gasteiger partial charge in [-0.1, -0.05) is 65.5 Å². The van der Waals surface area contributed by atoms with Crippen molar-refractivity contribution in [3.05, 3.63) is 11.6 Å². The molecule has 1 N–H and O–H groups in total. The SMILES string of the molecule is CC(C)CCC[C@@H](C)[C@H]1CC[C@H]2C3CC=C4CC(OC(=O)NCC[N+](C)(C)C)CCC4(C)C3CCC12C. The van der Waals surface area contributed by atoms with Gasteiger partial charge < -0.3 is 14.5 Å². The summed E-state index contributed by atoms with van der Waals surface area (Å²) in [4.78, 5) is 12.5. The van der Waals surface area contributed by atoms with Crippen molar-refractivity contribution >= 4 is 6.09 Å². The van der Waals surface area contributed by atoms with E-state index >= 15 is 0 Å². The van der Waals surface area contributed by atoms with Crippen LogP contribution in [0, 0.1) is 46.3 Å². The number of rotatable bonds is 9. The number of nitrogens with one attached hydrogen (secondary N) is 1. The molecule has 0 aromatic carbocycles. The van der Waals surface area contributed by atoms with Gasteiger partial charge in [0.15, 0.2) is 0 Å². The second-order valence-electron chi connectivity index (χ2n) is 15.5. The molecule has 0 aromatic rings. The lowest BCUT2D eigenvalue weighted by Gasteiger charge is -2.58. The average Bonchev–Trinajstić information content (AvgIpc) is 3.15. The predicted octanol–water partition coefficient (Wildman–Crippen LogP) is 7.83. The van der Waals surface area contributed by atoms with Gasteiger partial charge in [0.25, 0.3) is 0 Å². The summed E-state index contributed by atoms with van der Waals surface area (Å²) >= 11 is 0. The Morgan fingerprint density at radius 2 is 1.81 bits per heavy atom. The highest BCUT2D eigenvalue weighted by Gasteiger charge is 2.59. The summed E-state index contributed by atoms with van der Waals surface area (Å²) in [5.74, 6) is 5.21. The number of alkyl carbamates (subject to hydrolysis) is 1. The molecule has 4 aliphatic carbocycles. The van der Waals surface area contributed by atoms with Crippen molar-refractivity contribution in [2.45, 2.75) is 111 Å². The van der Waals surface area contributed by atoms with Crippen LogP contribution in [-0.2, 0) is 4.74 Å². The van der Waals surface area contributed by atoms with Crippen LogP contribution in [0.5, 0.6) is 0 Å². The molecule has 0 heterocycles. The fraction of sp³-hybridized carbons (Fsp3) is 0.909. The first kappa shape index (κ1) is 29.0. The molecule has 4 aliphatic rings. The summed E-state index contributed by atoms with van der Waals surface area (Å²) in [6, 6.07) is 0. The largest absolute Gasteiger partial charge is 0.446 e. The molecule has 0 saturated heterocycles. The second kappa shape index (κ2) is 11.2. The Kier molecular flexibility index (Phi) is 8.78. The molecule has 4 heteroatoms. The molecule has 3 fully saturated rings. The molecule has 0 bridgehead atoms. The van der Waals surface area contributed by atoms with Crippen molar-refractivity contribution < 1.29 is 14.0 Å². The van der Waals surface area contributed by atoms with Crippen LogP contribution in [0.15, 0.2) is 11.6 Å². The van der Waals surface area contributed by atoms with E-state index in [9.17, 15) is 4.79 Å². The Bertz CT molecular complexity index is 829. The van der Waals surface area contributed by atoms with E-state index < -0.39 is 0 Å². The maximum Gasteiger partial charge on any atom is 0.407 e. The van der Waals surface area contributed by atoms with Crippen LogP contribution in [0.2, 0.25) is 0 Å². The second-order valence-corrected chi connectivity index (χ2v) is 15.5. The fourth-order valence-corrected chi connectivity index (χ4v) is 9.44. The molecule has 8 atom stereocenters. The Morgan fingerprint density at radius 1 is 1.05 bits per heavy atom. The summed E-state index contributed by atoms with van der Waals surface area (Å²) in [6.45, 7) is 14.1. The number of carbonyl (C=O) groups excluding carboxylic acids is 1. The highest BCUT2D eigenvalue weighted by atomic mass is 16.6. The third-order valence-electron chi connectivity index (χ3n) is 11.6. The third-order valence-corrected chi connectivity index (χ3v) is 11.6. The van der Waals surface area contributed by atoms with Gasteiger partial charge >= 0.3 is 6.09 Å². The first-order valence-electron chi connectivity index (χ1n) is 15.8. The summed E-state index contributed by atoms with van der Waals surface area (Å²) in [5, 5.41) is 2.98. The van der Waals surface area contributed by atoms with E-state index in [4.69, 9.17) is 4.74 Å². The standard InChI is InChI=1S/C33H58N2O2/c1-23(2)10-9-11-24(3)28-14-15-29-27-13-12-25-22-26(37-31(36)34-20-21-35(6,7)8)16-18-32(25,4)30(27)17-19-33(28,29)5/h12,23-24,26-30H,9-11,13-22H2,1-8H3/p+1/t24-,26?,27?,28-,29+,30?,32?,33?/m1/s1. The van der Waals surface area contributed by atoms with Gasteiger partial charge in [-0.3, -0.25) is 0 Å². The zero-order valence-corrected chi connectivity index (χ0v) is 25.6. The summed E-state index contributed by atoms with van der Waals surface area (Å²) in [6.07, 6.45) is 16.8. The van der Waals surface area contributed by atoms with Crippen molar-refractivity contribution in [3.8, 4) is 0 Å². The smallest absolute Gasteiger partial charge is 0.407 e. The summed E-state index contributed by atoms with van der Waals surface area (Å²) in [7, 11) is 6.43. The first-order valence-corrected chi connectivity index (χ1v) is 15.8. The number of fused-ring (bicyclic) bond motifs is 5. The number of allylic oxidation sites excluding steroid dienone is 1. The van der Waals surface area contributed by atoms with Crippen LogP contribution in [0.4, 0.5) is 4.79 Å². The van der Waals surface area contributed by atoms with Crippen LogP contribution in [0.25, 0.3) is 0 Å². The van der Waals surface area contributed by atoms with Crippen LogP contribution >= 0.6 is 0 Å². The topological polar surface area (TPSA) is 38.3 Å². The maximum atomic E-state index is 12.5. The van der Waals surface area contributed by atoms with Gasteiger partial charge in [-0.25, -0.2) is 4.79 Å². The van der Waals surface area contributed by atoms with Crippen molar-refractivity contribution in [1.29, 1.82) is 0 Å². The number of nitrogens with zero attached hydrogens (tertiary/aromatic N) is 1. The lowest BCUT2D eigenvalue weighted by molar-refractivity contribution is -0.869. The van der Waals surface area contributed by atoms with Crippen LogP contribution < -0.4 is 5.32 Å². The zero-order valence-electron chi connectivity index (χ0n) is 25.6. The quantitative estimate of drug-likeness (QED) is 0.251. The molecule has 0 radical (unpaired) electrons. The number of hydrogen-bond acceptors (Lipinski definition) is 2. The van der Waals surface area contributed by atoms with Crippen LogP contribution in [-0.4, -0.2) is 50.9 Å². The lowest BCUT2D eigenvalue weighted by atomic mass is 9.47. The van der Waals surface area contributed by atoms with E-state index in [1.807, 2.05) is 0 Å². The van der Waals surface area contributed by atoms with E-state index in [1.165, 1.54) is 57.8 Å². The number of carbonyl (C=O) groups is 1. The van der Waals surface area contributed by atoms with Crippen LogP contribution in [0.3, 0.4) is 0 Å². The third kappa shape index (κ3) is 6.25. The minimum absolute atomic E-state index is 0.0383. The van der Waals surface area contributed by atoms with Crippen molar-refractivity contribution in [1.82, 2.24) is 5.32 Å². The molecule has 212 valence electrons. The Hall–Kier alpha value is -1.03. The highest BCUT2D eigenvalue weighted by molar-refractivity contribution is 5.67. The molecule has 4 nitrogen and oxygen atoms in total. The molecule has 0 aromatic heterocycles. The van der Waals surface area contributed by atoms with E-state index in [0.29, 0.717) is 17.4 Å². The number of likely N-dealkylation sites (N-methyl/N-ethyl adjacent to an activating group) is 1. The Labute approximate surface area is 228 Å². The molecule has 37 heavy (non-hydrogen) atoms. The van der Waals surface area contributed by atoms with Gasteiger partial charge in [0.05, 0.1) is 34.2 Å². The van der Waals surface area contributed by atoms with Gasteiger partial charge in [0, 0.05) is 6.42 Å². The Morgan fingerprint density at radius 3 is 2.51 bits per heavy atom. The molecule has 0 aliphatic heterocycles. The molecule has 4 rings (SSSR count). The maximum absolute atomic E-state index is 12.5. The van der Waals surface area contributed by atoms with E-state index in [0.717, 1.165) is 59.4 Å². The van der Waals surface area contributed by atoms with E-state index in [2.05, 4.69) is 67.2 Å². The van der Waals surface area contributed by atoms with Gasteiger partial charge in [-0.2, -0.15) is 0 Å². The minimum atomic E-state index is -0.232. The minimum Gasteiger partial charge on any atom is -0.446 e. The normalized spacial score (nSPS) is 38.3. The van der Waals surface area contributed by atoms with Gasteiger partial charge in [0.2, 0.25) is 0 Å². The van der Waals surface area contributed by atoms with E-state index in [-0.39, 0.29) is 12.2 Å². The molecular weight excluding hydrogens is 456 g/mol. The molecule has 1 amide bonds. The monoisotopic (exact) mass is 515 g/mol. The van der Waals surface area contributed by atoms with Gasteiger partial charge in [-0.05, 0) is 91.3 Å². The fourth-order valence-electron chi connectivity index (χ4n) is 9.44. The van der Waals surface area contributed by atoms with Gasteiger partial charge in [0.1, 0.15) is 6.10 Å². The number of amides is 1. The van der Waals surface area contributed by atoms with Crippen molar-refractivity contribution in [2.75, 3.05) is 34.2 Å². The summed E-state index contributed by atoms with van der Waals surface area (Å²) < 4.78 is 6.75. The Balaban J connectivity index is 1.36. The molecular formula is C33H59N2O2+. The van der Waals surface area contributed by atoms with Gasteiger partial charge in [-0.15, -0.1) is 0 Å². The number of quaternary nitrogens is 1. The van der Waals surface area contributed by atoms with Crippen molar-refractivity contribution in [3.63, 3.8) is 0 Å². The van der Waals surface area contributed by atoms with Crippen molar-refractivity contribution in [2.24, 2.45) is 46.3 Å². The zero-order chi connectivity index (χ0) is 27.0. The lowest BCUT2D eigenvalue weighted by Crippen LogP contribution is -2.51. The van der Waals surface area contributed by atoms with E-state index in [1.54, 1.807) is 5.57 Å². The average molecular weight is 516 g/mol. The highest BCUT2D eigenvalue weighted by Crippen LogP contribution is 2.67. The molecule has 5 unspecified atom stereocenters. The summed E-state index contributed by atoms with van der Waals surface area (Å²) in [5.41, 5.74) is 2.46. The number of hydrogen-bond donors (Lipinski definition) is 1.